The maximum atomic E-state index is 13.9. The van der Waals surface area contributed by atoms with Crippen molar-refractivity contribution >= 4 is 52.4 Å². The lowest BCUT2D eigenvalue weighted by Crippen LogP contribution is -2.34. The Labute approximate surface area is 389 Å². The lowest BCUT2D eigenvalue weighted by atomic mass is 9.80. The number of fused-ring (bicyclic) bond motifs is 6. The Morgan fingerprint density at radius 1 is 0.719 bits per heavy atom. The van der Waals surface area contributed by atoms with Gasteiger partial charge in [0.2, 0.25) is 0 Å². The summed E-state index contributed by atoms with van der Waals surface area (Å²) in [5, 5.41) is 16.4. The van der Waals surface area contributed by atoms with E-state index >= 15 is 0 Å². The van der Waals surface area contributed by atoms with Gasteiger partial charge in [0, 0.05) is 82.7 Å². The molecular formula is C49H60Cl2N8O5. The molecule has 64 heavy (non-hydrogen) atoms. The Morgan fingerprint density at radius 3 is 1.66 bits per heavy atom. The Morgan fingerprint density at radius 2 is 1.19 bits per heavy atom. The second-order valence-electron chi connectivity index (χ2n) is 20.3. The first-order valence-electron chi connectivity index (χ1n) is 24.5. The van der Waals surface area contributed by atoms with Gasteiger partial charge in [-0.1, -0.05) is 47.5 Å². The van der Waals surface area contributed by atoms with Crippen LogP contribution in [0.5, 0.6) is 0 Å². The lowest BCUT2D eigenvalue weighted by Gasteiger charge is -2.32. The van der Waals surface area contributed by atoms with E-state index in [4.69, 9.17) is 42.0 Å². The van der Waals surface area contributed by atoms with Crippen LogP contribution in [-0.4, -0.2) is 91.6 Å². The number of nitrogens with zero attached hydrogens (tertiary/aromatic N) is 6. The molecule has 6 aliphatic rings. The van der Waals surface area contributed by atoms with Crippen LogP contribution in [0, 0.1) is 21.7 Å². The number of carbonyl (C=O) groups is 3. The maximum absolute atomic E-state index is 13.9. The fraction of sp³-hybridized carbons (Fsp3) is 0.571. The Kier molecular flexibility index (Phi) is 10.4. The first-order chi connectivity index (χ1) is 31.9. The molecule has 2 aliphatic heterocycles. The number of imidazole rings is 2. The monoisotopic (exact) mass is 913 g/mol. The summed E-state index contributed by atoms with van der Waals surface area (Å²) in [7, 11) is 1.39. The summed E-state index contributed by atoms with van der Waals surface area (Å²) in [5.41, 5.74) is 5.63. The number of nitrogens with one attached hydrogen (secondary N) is 2. The Balaban J connectivity index is 0.763. The smallest absolute Gasteiger partial charge is 0.309 e. The van der Waals surface area contributed by atoms with E-state index in [2.05, 4.69) is 20.4 Å². The molecule has 2 amide bonds. The average molecular weight is 915 g/mol. The summed E-state index contributed by atoms with van der Waals surface area (Å²) in [6.07, 6.45) is 13.2. The van der Waals surface area contributed by atoms with Crippen molar-refractivity contribution in [1.82, 2.24) is 28.9 Å². The number of carbonyl (C=O) groups excluding carboxylic acids is 2. The van der Waals surface area contributed by atoms with Crippen molar-refractivity contribution in [2.75, 3.05) is 50.5 Å². The minimum Gasteiger partial charge on any atom is -0.481 e. The van der Waals surface area contributed by atoms with Crippen LogP contribution in [0.1, 0.15) is 125 Å². The first kappa shape index (κ1) is 40.0. The van der Waals surface area contributed by atoms with E-state index in [1.54, 1.807) is 24.3 Å². The van der Waals surface area contributed by atoms with E-state index < -0.39 is 18.4 Å². The van der Waals surface area contributed by atoms with Gasteiger partial charge in [-0.2, -0.15) is 0 Å². The molecule has 340 valence electrons. The second-order valence-corrected chi connectivity index (χ2v) is 21.1. The van der Waals surface area contributed by atoms with Crippen LogP contribution in [0.2, 0.25) is 10.0 Å². The number of aromatic nitrogens is 4. The number of rotatable bonds is 14. The normalized spacial score (nSPS) is 28.1. The highest BCUT2D eigenvalue weighted by Gasteiger charge is 2.58. The van der Waals surface area contributed by atoms with E-state index in [1.165, 1.54) is 0 Å². The van der Waals surface area contributed by atoms with Crippen molar-refractivity contribution < 1.29 is 28.3 Å². The Hall–Kier alpha value is -4.27. The molecule has 0 unspecified atom stereocenters. The van der Waals surface area contributed by atoms with Gasteiger partial charge in [0.1, 0.15) is 0 Å². The van der Waals surface area contributed by atoms with Gasteiger partial charge in [-0.3, -0.25) is 24.2 Å². The summed E-state index contributed by atoms with van der Waals surface area (Å²) in [4.78, 5) is 54.2. The quantitative estimate of drug-likeness (QED) is 0.113. The number of aliphatic carboxylic acids is 1. The molecule has 0 spiro atoms. The van der Waals surface area contributed by atoms with Gasteiger partial charge < -0.3 is 29.6 Å². The first-order valence-corrected chi connectivity index (χ1v) is 23.7. The largest absolute Gasteiger partial charge is 0.481 e. The summed E-state index contributed by atoms with van der Waals surface area (Å²) in [6.45, 7) is 5.13. The van der Waals surface area contributed by atoms with Crippen molar-refractivity contribution in [1.29, 1.82) is 0 Å². The van der Waals surface area contributed by atoms with Gasteiger partial charge in [0.15, 0.2) is 11.6 Å². The zero-order valence-corrected chi connectivity index (χ0v) is 38.3. The summed E-state index contributed by atoms with van der Waals surface area (Å²) in [6, 6.07) is 10.7. The lowest BCUT2D eigenvalue weighted by molar-refractivity contribution is -0.148. The molecule has 4 aromatic rings. The highest BCUT2D eigenvalue weighted by molar-refractivity contribution is 6.40. The van der Waals surface area contributed by atoms with E-state index in [0.29, 0.717) is 63.9 Å². The molecule has 4 bridgehead atoms. The van der Waals surface area contributed by atoms with Gasteiger partial charge in [-0.25, -0.2) is 9.97 Å². The molecule has 15 heteroatoms. The van der Waals surface area contributed by atoms with E-state index in [0.717, 1.165) is 139 Å². The molecule has 2 aromatic heterocycles. The average Bonchev–Trinajstić information content (AvgIpc) is 4.16. The van der Waals surface area contributed by atoms with E-state index in [9.17, 15) is 19.5 Å². The molecule has 0 radical (unpaired) electrons. The third-order valence-electron chi connectivity index (χ3n) is 16.7. The number of amides is 2. The minimum absolute atomic E-state index is 0.0107. The number of ether oxygens (including phenoxy) is 1. The highest BCUT2D eigenvalue weighted by atomic mass is 35.5. The van der Waals surface area contributed by atoms with Crippen molar-refractivity contribution in [3.8, 4) is 11.1 Å². The zero-order chi connectivity index (χ0) is 47.1. The molecule has 4 heterocycles. The SMILES string of the molecule is [2H]C([2H])([2H])OCC12CCC(CCN3CCc4c(nc(C(=O)Nc5cccc(-c6cccc(NC(=O)c7nc8c(n7C)CCN(CCC79CCC(C(=O)O)(CC7)C9)C8)c6Cl)c5Cl)n4C)C3)(CC1)C2. The predicted molar refractivity (Wildman–Crippen MR) is 247 cm³/mol. The second kappa shape index (κ2) is 16.6. The number of halogens is 2. The number of hydrogen-bond acceptors (Lipinski definition) is 8. The number of benzene rings is 2. The molecule has 4 fully saturated rings. The van der Waals surface area contributed by atoms with Gasteiger partial charge >= 0.3 is 5.97 Å². The van der Waals surface area contributed by atoms with Crippen LogP contribution >= 0.6 is 23.2 Å². The summed E-state index contributed by atoms with van der Waals surface area (Å²) < 4.78 is 31.5. The van der Waals surface area contributed by atoms with Crippen LogP contribution < -0.4 is 10.6 Å². The number of carboxylic acids is 1. The van der Waals surface area contributed by atoms with Gasteiger partial charge in [-0.05, 0) is 119 Å². The van der Waals surface area contributed by atoms with Crippen LogP contribution in [0.25, 0.3) is 11.1 Å². The fourth-order valence-corrected chi connectivity index (χ4v) is 13.4. The number of anilines is 2. The van der Waals surface area contributed by atoms with Crippen LogP contribution in [0.4, 0.5) is 11.4 Å². The van der Waals surface area contributed by atoms with Crippen molar-refractivity contribution in [3.05, 3.63) is 80.9 Å². The molecular weight excluding hydrogens is 851 g/mol. The topological polar surface area (TPSA) is 147 Å². The van der Waals surface area contributed by atoms with Gasteiger partial charge in [0.05, 0.1) is 48.9 Å². The number of hydrogen-bond donors (Lipinski definition) is 3. The minimum atomic E-state index is -2.35. The predicted octanol–water partition coefficient (Wildman–Crippen LogP) is 8.76. The summed E-state index contributed by atoms with van der Waals surface area (Å²) >= 11 is 14.1. The highest BCUT2D eigenvalue weighted by Crippen LogP contribution is 2.64. The molecule has 10 rings (SSSR count). The standard InChI is InChI=1S/C49H60Cl2N8O5/c1-56-37-10-22-58(24-20-46-12-14-48(28-46,15-13-46)30-64-3)26-35(37)52-41(56)43(60)54-33-8-4-6-31(39(33)50)32-7-5-9-34(40(32)51)55-44(61)42-53-36-27-59(23-11-38(36)57(42)2)25-21-47-16-18-49(29-47,19-17-47)45(62)63/h4-9H,10-30H2,1-3H3,(H,54,60)(H,55,61)(H,62,63)/i3D3. The fourth-order valence-electron chi connectivity index (χ4n) is 12.9. The van der Waals surface area contributed by atoms with E-state index in [-0.39, 0.29) is 28.1 Å². The van der Waals surface area contributed by atoms with Crippen LogP contribution in [0.15, 0.2) is 36.4 Å². The van der Waals surface area contributed by atoms with Crippen LogP contribution in [0.3, 0.4) is 0 Å². The maximum Gasteiger partial charge on any atom is 0.309 e. The number of carboxylic acid groups (broad SMARTS) is 1. The molecule has 3 N–H and O–H groups in total. The zero-order valence-electron chi connectivity index (χ0n) is 39.8. The van der Waals surface area contributed by atoms with Gasteiger partial charge in [-0.15, -0.1) is 0 Å². The molecule has 4 saturated carbocycles. The van der Waals surface area contributed by atoms with Crippen molar-refractivity contribution in [3.63, 3.8) is 0 Å². The summed E-state index contributed by atoms with van der Waals surface area (Å²) in [5.74, 6) is -0.801. The Bertz CT molecular complexity index is 2630. The third kappa shape index (κ3) is 7.66. The van der Waals surface area contributed by atoms with Crippen LogP contribution in [-0.2, 0) is 49.6 Å². The van der Waals surface area contributed by atoms with E-state index in [1.807, 2.05) is 35.4 Å². The molecule has 2 aromatic carbocycles. The molecule has 4 aliphatic carbocycles. The molecule has 0 saturated heterocycles. The van der Waals surface area contributed by atoms with Crippen molar-refractivity contribution in [2.45, 2.75) is 103 Å². The molecule has 0 atom stereocenters. The van der Waals surface area contributed by atoms with Crippen molar-refractivity contribution in [2.24, 2.45) is 35.8 Å². The third-order valence-corrected chi connectivity index (χ3v) is 17.5. The molecule has 13 nitrogen and oxygen atoms in total. The van der Waals surface area contributed by atoms with Gasteiger partial charge in [0.25, 0.3) is 11.8 Å². The number of methoxy groups -OCH3 is 1.